The van der Waals surface area contributed by atoms with Crippen LogP contribution in [0.2, 0.25) is 10.0 Å². The monoisotopic (exact) mass is 777 g/mol. The molecule has 0 unspecified atom stereocenters. The van der Waals surface area contributed by atoms with E-state index < -0.39 is 6.04 Å². The number of nitrogens with zero attached hydrogens (tertiary/aromatic N) is 2. The maximum absolute atomic E-state index is 14.2. The molecule has 8 nitrogen and oxygen atoms in total. The highest BCUT2D eigenvalue weighted by Crippen LogP contribution is 2.38. The fourth-order valence-corrected chi connectivity index (χ4v) is 7.55. The van der Waals surface area contributed by atoms with Gasteiger partial charge in [0.05, 0.1) is 40.0 Å². The van der Waals surface area contributed by atoms with Crippen LogP contribution in [-0.4, -0.2) is 24.2 Å². The Bertz CT molecular complexity index is 2250. The van der Waals surface area contributed by atoms with Gasteiger partial charge in [-0.15, -0.1) is 0 Å². The molecule has 0 spiro atoms. The number of methoxy groups -OCH3 is 1. The quantitative estimate of drug-likeness (QED) is 0.156. The first-order chi connectivity index (χ1) is 23.7. The van der Waals surface area contributed by atoms with Gasteiger partial charge in [-0.2, -0.15) is 0 Å². The van der Waals surface area contributed by atoms with Crippen LogP contribution in [0, 0.1) is 0 Å². The number of carbonyl (C=O) groups excluding carboxylic acids is 1. The number of para-hydroxylation sites is 1. The zero-order chi connectivity index (χ0) is 34.7. The molecule has 0 fully saturated rings. The molecule has 6 rings (SSSR count). The first-order valence-electron chi connectivity index (χ1n) is 15.2. The summed E-state index contributed by atoms with van der Waals surface area (Å²) in [5, 5.41) is 4.01. The number of ether oxygens (including phenoxy) is 3. The Kier molecular flexibility index (Phi) is 10.6. The van der Waals surface area contributed by atoms with Crippen LogP contribution in [0.4, 0.5) is 5.69 Å². The SMILES string of the molecule is CCOc1ccc([C@@H]2C(C(=O)Nc3ccccc3)=C(C)N=c3s/c(=C\c4cc(Br)c(OCc5ccc(Cl)cc5Cl)c(OC)c4)c(=O)n32)cc1. The zero-order valence-corrected chi connectivity index (χ0v) is 30.5. The molecule has 5 aromatic rings. The summed E-state index contributed by atoms with van der Waals surface area (Å²) < 4.78 is 20.1. The first kappa shape index (κ1) is 34.5. The topological polar surface area (TPSA) is 91.2 Å². The molecule has 0 aliphatic carbocycles. The molecule has 1 aliphatic heterocycles. The van der Waals surface area contributed by atoms with Crippen LogP contribution in [0.5, 0.6) is 17.2 Å². The number of aromatic nitrogens is 1. The molecule has 49 heavy (non-hydrogen) atoms. The van der Waals surface area contributed by atoms with Crippen LogP contribution in [0.1, 0.15) is 36.6 Å². The highest BCUT2D eigenvalue weighted by atomic mass is 79.9. The molecule has 0 saturated heterocycles. The Morgan fingerprint density at radius 3 is 2.49 bits per heavy atom. The second kappa shape index (κ2) is 15.0. The summed E-state index contributed by atoms with van der Waals surface area (Å²) in [7, 11) is 1.54. The van der Waals surface area contributed by atoms with E-state index in [0.29, 0.717) is 70.2 Å². The third kappa shape index (κ3) is 7.47. The van der Waals surface area contributed by atoms with Gasteiger partial charge >= 0.3 is 0 Å². The molecule has 0 radical (unpaired) electrons. The molecular formula is C37H30BrCl2N3O5S. The lowest BCUT2D eigenvalue weighted by Crippen LogP contribution is -2.40. The summed E-state index contributed by atoms with van der Waals surface area (Å²) in [5.74, 6) is 1.29. The maximum Gasteiger partial charge on any atom is 0.271 e. The molecule has 12 heteroatoms. The van der Waals surface area contributed by atoms with E-state index >= 15 is 0 Å². The minimum Gasteiger partial charge on any atom is -0.494 e. The highest BCUT2D eigenvalue weighted by Gasteiger charge is 2.32. The van der Waals surface area contributed by atoms with Crippen LogP contribution < -0.4 is 34.4 Å². The van der Waals surface area contributed by atoms with E-state index in [9.17, 15) is 9.59 Å². The van der Waals surface area contributed by atoms with Gasteiger partial charge in [0.2, 0.25) is 0 Å². The Balaban J connectivity index is 1.40. The third-order valence-electron chi connectivity index (χ3n) is 7.74. The Morgan fingerprint density at radius 1 is 1.04 bits per heavy atom. The minimum absolute atomic E-state index is 0.188. The molecule has 1 aliphatic rings. The minimum atomic E-state index is -0.727. The van der Waals surface area contributed by atoms with Gasteiger partial charge < -0.3 is 19.5 Å². The van der Waals surface area contributed by atoms with Crippen molar-refractivity contribution in [3.63, 3.8) is 0 Å². The number of allylic oxidation sites excluding steroid dienone is 1. The second-order valence-corrected chi connectivity index (χ2v) is 13.7. The summed E-state index contributed by atoms with van der Waals surface area (Å²) in [6.45, 7) is 4.41. The molecular weight excluding hydrogens is 749 g/mol. The summed E-state index contributed by atoms with van der Waals surface area (Å²) in [5.41, 5.74) is 3.45. The average Bonchev–Trinajstić information content (AvgIpc) is 3.38. The van der Waals surface area contributed by atoms with Gasteiger partial charge in [0.25, 0.3) is 11.5 Å². The fourth-order valence-electron chi connectivity index (χ4n) is 5.46. The molecule has 2 heterocycles. The maximum atomic E-state index is 14.2. The van der Waals surface area contributed by atoms with E-state index in [2.05, 4.69) is 21.2 Å². The van der Waals surface area contributed by atoms with Crippen molar-refractivity contribution in [3.8, 4) is 17.2 Å². The van der Waals surface area contributed by atoms with Crippen molar-refractivity contribution in [3.05, 3.63) is 147 Å². The van der Waals surface area contributed by atoms with E-state index in [0.717, 1.165) is 11.1 Å². The van der Waals surface area contributed by atoms with Crippen molar-refractivity contribution < 1.29 is 19.0 Å². The highest BCUT2D eigenvalue weighted by molar-refractivity contribution is 9.10. The number of thiazole rings is 1. The van der Waals surface area contributed by atoms with E-state index in [1.54, 1.807) is 48.9 Å². The lowest BCUT2D eigenvalue weighted by Gasteiger charge is -2.25. The van der Waals surface area contributed by atoms with Crippen LogP contribution in [0.3, 0.4) is 0 Å². The number of rotatable bonds is 10. The van der Waals surface area contributed by atoms with Crippen molar-refractivity contribution in [2.75, 3.05) is 19.0 Å². The first-order valence-corrected chi connectivity index (χ1v) is 17.6. The normalized spacial score (nSPS) is 14.2. The number of nitrogens with one attached hydrogen (secondary N) is 1. The molecule has 1 atom stereocenters. The summed E-state index contributed by atoms with van der Waals surface area (Å²) >= 11 is 17.2. The summed E-state index contributed by atoms with van der Waals surface area (Å²) in [6, 6.07) is 24.7. The predicted molar refractivity (Wildman–Crippen MR) is 198 cm³/mol. The van der Waals surface area contributed by atoms with Crippen molar-refractivity contribution in [2.45, 2.75) is 26.5 Å². The van der Waals surface area contributed by atoms with Gasteiger partial charge in [-0.3, -0.25) is 14.2 Å². The number of benzene rings is 4. The van der Waals surface area contributed by atoms with Gasteiger partial charge in [0.1, 0.15) is 12.4 Å². The lowest BCUT2D eigenvalue weighted by molar-refractivity contribution is -0.113. The van der Waals surface area contributed by atoms with Gasteiger partial charge in [0.15, 0.2) is 16.3 Å². The van der Waals surface area contributed by atoms with Gasteiger partial charge in [-0.05, 0) is 95.5 Å². The number of carbonyl (C=O) groups is 1. The smallest absolute Gasteiger partial charge is 0.271 e. The molecule has 4 aromatic carbocycles. The molecule has 1 amide bonds. The molecule has 1 N–H and O–H groups in total. The molecule has 0 bridgehead atoms. The van der Waals surface area contributed by atoms with E-state index in [4.69, 9.17) is 42.4 Å². The number of hydrogen-bond donors (Lipinski definition) is 1. The van der Waals surface area contributed by atoms with Gasteiger partial charge in [0, 0.05) is 21.3 Å². The van der Waals surface area contributed by atoms with Crippen LogP contribution in [-0.2, 0) is 11.4 Å². The zero-order valence-electron chi connectivity index (χ0n) is 26.6. The van der Waals surface area contributed by atoms with Crippen molar-refractivity contribution in [1.29, 1.82) is 0 Å². The van der Waals surface area contributed by atoms with Crippen LogP contribution in [0.25, 0.3) is 6.08 Å². The van der Waals surface area contributed by atoms with E-state index in [-0.39, 0.29) is 18.1 Å². The van der Waals surface area contributed by atoms with Gasteiger partial charge in [-0.25, -0.2) is 4.99 Å². The Morgan fingerprint density at radius 2 is 1.80 bits per heavy atom. The Hall–Kier alpha value is -4.35. The molecule has 250 valence electrons. The number of fused-ring (bicyclic) bond motifs is 1. The van der Waals surface area contributed by atoms with E-state index in [1.165, 1.54) is 11.3 Å². The van der Waals surface area contributed by atoms with Crippen molar-refractivity contribution in [2.24, 2.45) is 4.99 Å². The number of hydrogen-bond acceptors (Lipinski definition) is 7. The van der Waals surface area contributed by atoms with Crippen molar-refractivity contribution in [1.82, 2.24) is 4.57 Å². The second-order valence-electron chi connectivity index (χ2n) is 11.0. The van der Waals surface area contributed by atoms with Gasteiger partial charge in [-0.1, -0.05) is 70.9 Å². The molecule has 1 aromatic heterocycles. The number of halogens is 3. The Labute approximate surface area is 305 Å². The largest absolute Gasteiger partial charge is 0.494 e. The summed E-state index contributed by atoms with van der Waals surface area (Å²) in [4.78, 5) is 33.3. The molecule has 0 saturated carbocycles. The standard InChI is InChI=1S/C37H30BrCl2N3O5S/c1-4-47-27-14-11-23(12-15-27)33-32(35(44)42-26-8-6-5-7-9-26)21(2)41-37-43(33)36(45)31(49-37)18-22-16-28(38)34(30(17-22)46-3)48-20-24-10-13-25(39)19-29(24)40/h5-19,33H,4,20H2,1-3H3,(H,42,44)/b31-18-/t33-/m1/s1. The third-order valence-corrected chi connectivity index (χ3v) is 9.90. The fraction of sp³-hybridized carbons (Fsp3) is 0.162. The lowest BCUT2D eigenvalue weighted by atomic mass is 9.95. The predicted octanol–water partition coefficient (Wildman–Crippen LogP) is 7.93. The average molecular weight is 780 g/mol. The van der Waals surface area contributed by atoms with Crippen molar-refractivity contribution >= 4 is 68.1 Å². The summed E-state index contributed by atoms with van der Waals surface area (Å²) in [6.07, 6.45) is 1.77. The van der Waals surface area contributed by atoms with Crippen LogP contribution in [0.15, 0.2) is 110 Å². The van der Waals surface area contributed by atoms with E-state index in [1.807, 2.05) is 67.6 Å². The number of amides is 1. The van der Waals surface area contributed by atoms with Crippen LogP contribution >= 0.6 is 50.5 Å². The number of anilines is 1.